The molecule has 2 rings (SSSR count). The molecule has 0 aliphatic rings. The average Bonchev–Trinajstić information content (AvgIpc) is 2.44. The molecule has 0 fully saturated rings. The number of rotatable bonds is 5. The highest BCUT2D eigenvalue weighted by atomic mass is 35.5. The molecule has 0 radical (unpaired) electrons. The van der Waals surface area contributed by atoms with Crippen molar-refractivity contribution in [2.45, 2.75) is 0 Å². The maximum Gasteiger partial charge on any atom is 0.303 e. The third kappa shape index (κ3) is 5.69. The van der Waals surface area contributed by atoms with Crippen LogP contribution in [0, 0.1) is 10.1 Å². The summed E-state index contributed by atoms with van der Waals surface area (Å²) in [6.07, 6.45) is 2.26. The predicted octanol–water partition coefficient (Wildman–Crippen LogP) is 6.23. The highest BCUT2D eigenvalue weighted by Crippen LogP contribution is 2.25. The Morgan fingerprint density at radius 2 is 1.46 bits per heavy atom. The molecule has 0 saturated heterocycles. The number of aliphatic imine (C=N–C) groups is 1. The molecule has 5 nitrogen and oxygen atoms in total. The van der Waals surface area contributed by atoms with E-state index in [-0.39, 0.29) is 5.70 Å². The molecular weight excluding hydrogens is 396 g/mol. The fraction of sp³-hybridized carbons (Fsp3) is 0. The fourth-order valence-corrected chi connectivity index (χ4v) is 2.73. The molecule has 0 heterocycles. The Morgan fingerprint density at radius 3 is 1.96 bits per heavy atom. The summed E-state index contributed by atoms with van der Waals surface area (Å²) in [5, 5.41) is 15.4. The number of hydrogen-bond donors (Lipinski definition) is 1. The van der Waals surface area contributed by atoms with Gasteiger partial charge in [-0.3, -0.25) is 10.1 Å². The first kappa shape index (κ1) is 18.5. The van der Waals surface area contributed by atoms with Gasteiger partial charge in [0.15, 0.2) is 0 Å². The summed E-state index contributed by atoms with van der Waals surface area (Å²) in [4.78, 5) is 14.5. The van der Waals surface area contributed by atoms with Gasteiger partial charge in [0.25, 0.3) is 0 Å². The van der Waals surface area contributed by atoms with Crippen molar-refractivity contribution in [3.8, 4) is 0 Å². The van der Waals surface area contributed by atoms with Gasteiger partial charge in [-0.15, -0.1) is 0 Å². The normalized spacial score (nSPS) is 11.8. The summed E-state index contributed by atoms with van der Waals surface area (Å²) >= 11 is 23.4. The monoisotopic (exact) mass is 403 g/mol. The number of anilines is 1. The summed E-state index contributed by atoms with van der Waals surface area (Å²) < 4.78 is 0. The first-order valence-corrected chi connectivity index (χ1v) is 7.92. The van der Waals surface area contributed by atoms with Gasteiger partial charge in [0, 0.05) is 25.8 Å². The van der Waals surface area contributed by atoms with Crippen molar-refractivity contribution < 1.29 is 4.92 Å². The van der Waals surface area contributed by atoms with E-state index in [9.17, 15) is 10.1 Å². The Labute approximate surface area is 157 Å². The Hall–Kier alpha value is -1.79. The molecule has 0 unspecified atom stereocenters. The molecule has 0 atom stereocenters. The second-order valence-corrected chi connectivity index (χ2v) is 6.26. The van der Waals surface area contributed by atoms with E-state index < -0.39 is 4.92 Å². The number of hydrogen-bond acceptors (Lipinski definition) is 4. The Balaban J connectivity index is 2.22. The Kier molecular flexibility index (Phi) is 6.45. The van der Waals surface area contributed by atoms with Crippen LogP contribution in [-0.2, 0) is 0 Å². The van der Waals surface area contributed by atoms with E-state index in [0.717, 1.165) is 6.21 Å². The van der Waals surface area contributed by atoms with E-state index in [1.54, 1.807) is 18.2 Å². The van der Waals surface area contributed by atoms with Crippen molar-refractivity contribution in [2.24, 2.45) is 4.99 Å². The van der Waals surface area contributed by atoms with Gasteiger partial charge in [-0.05, 0) is 36.4 Å². The number of nitrogens with one attached hydrogen (secondary N) is 1. The van der Waals surface area contributed by atoms with Crippen LogP contribution >= 0.6 is 46.4 Å². The van der Waals surface area contributed by atoms with Crippen LogP contribution < -0.4 is 5.32 Å². The Bertz CT molecular complexity index is 797. The minimum Gasteiger partial charge on any atom is -0.356 e. The van der Waals surface area contributed by atoms with E-state index in [1.807, 2.05) is 0 Å². The molecule has 0 saturated carbocycles. The molecule has 1 N–H and O–H groups in total. The van der Waals surface area contributed by atoms with Crippen molar-refractivity contribution in [3.05, 3.63) is 78.5 Å². The molecule has 0 amide bonds. The topological polar surface area (TPSA) is 67.5 Å². The first-order chi connectivity index (χ1) is 11.3. The lowest BCUT2D eigenvalue weighted by molar-refractivity contribution is -0.414. The minimum absolute atomic E-state index is 0.276. The van der Waals surface area contributed by atoms with Crippen molar-refractivity contribution >= 4 is 64.0 Å². The van der Waals surface area contributed by atoms with E-state index in [2.05, 4.69) is 10.3 Å². The van der Waals surface area contributed by atoms with Gasteiger partial charge < -0.3 is 5.32 Å². The number of benzene rings is 2. The van der Waals surface area contributed by atoms with Crippen molar-refractivity contribution in [1.82, 2.24) is 0 Å². The molecule has 0 bridgehead atoms. The van der Waals surface area contributed by atoms with Gasteiger partial charge in [-0.25, -0.2) is 4.99 Å². The second-order valence-electron chi connectivity index (χ2n) is 4.51. The molecule has 9 heteroatoms. The minimum atomic E-state index is -0.588. The average molecular weight is 405 g/mol. The van der Waals surface area contributed by atoms with Crippen LogP contribution in [0.5, 0.6) is 0 Å². The molecule has 0 spiro atoms. The lowest BCUT2D eigenvalue weighted by Crippen LogP contribution is -2.03. The zero-order valence-electron chi connectivity index (χ0n) is 11.8. The molecule has 0 aromatic heterocycles. The smallest absolute Gasteiger partial charge is 0.303 e. The summed E-state index contributed by atoms with van der Waals surface area (Å²) in [5.74, 6) is 0. The summed E-state index contributed by atoms with van der Waals surface area (Å²) in [6.45, 7) is 0. The number of nitrogens with zero attached hydrogens (tertiary/aromatic N) is 2. The van der Waals surface area contributed by atoms with E-state index in [1.165, 1.54) is 24.4 Å². The van der Waals surface area contributed by atoms with Gasteiger partial charge in [-0.2, -0.15) is 0 Å². The van der Waals surface area contributed by atoms with E-state index in [0.29, 0.717) is 31.5 Å². The van der Waals surface area contributed by atoms with Gasteiger partial charge in [0.05, 0.1) is 16.8 Å². The van der Waals surface area contributed by atoms with Gasteiger partial charge >= 0.3 is 5.70 Å². The predicted molar refractivity (Wildman–Crippen MR) is 99.8 cm³/mol. The highest BCUT2D eigenvalue weighted by molar-refractivity contribution is 6.35. The highest BCUT2D eigenvalue weighted by Gasteiger charge is 2.08. The first-order valence-electron chi connectivity index (χ1n) is 6.41. The largest absolute Gasteiger partial charge is 0.356 e. The zero-order chi connectivity index (χ0) is 17.7. The van der Waals surface area contributed by atoms with E-state index in [4.69, 9.17) is 46.4 Å². The van der Waals surface area contributed by atoms with Crippen molar-refractivity contribution in [3.63, 3.8) is 0 Å². The molecule has 2 aromatic carbocycles. The molecule has 0 aliphatic carbocycles. The third-order valence-corrected chi connectivity index (χ3v) is 3.53. The standard InChI is InChI=1S/C15H9Cl4N3O2/c16-9-1-10(17)4-13(3-9)20-7-15(22(23)24)8-21-14-5-11(18)2-12(19)6-14/h1-8,20H/b15-7+,21-8?. The quantitative estimate of drug-likeness (QED) is 0.364. The summed E-state index contributed by atoms with van der Waals surface area (Å²) in [6, 6.07) is 9.32. The zero-order valence-corrected chi connectivity index (χ0v) is 14.9. The Morgan fingerprint density at radius 1 is 0.958 bits per heavy atom. The maximum atomic E-state index is 11.1. The van der Waals surface area contributed by atoms with Crippen molar-refractivity contribution in [1.29, 1.82) is 0 Å². The molecule has 24 heavy (non-hydrogen) atoms. The molecule has 2 aromatic rings. The summed E-state index contributed by atoms with van der Waals surface area (Å²) in [5.41, 5.74) is 0.624. The SMILES string of the molecule is O=[N+]([O-])/C(C=Nc1cc(Cl)cc(Cl)c1)=C/Nc1cc(Cl)cc(Cl)c1. The van der Waals surface area contributed by atoms with Crippen LogP contribution in [0.2, 0.25) is 20.1 Å². The lowest BCUT2D eigenvalue weighted by Gasteiger charge is -2.02. The van der Waals surface area contributed by atoms with Crippen LogP contribution in [0.25, 0.3) is 0 Å². The van der Waals surface area contributed by atoms with Gasteiger partial charge in [0.2, 0.25) is 0 Å². The maximum absolute atomic E-state index is 11.1. The van der Waals surface area contributed by atoms with Crippen LogP contribution in [0.15, 0.2) is 53.3 Å². The second kappa shape index (κ2) is 8.35. The van der Waals surface area contributed by atoms with Crippen LogP contribution in [-0.4, -0.2) is 11.1 Å². The van der Waals surface area contributed by atoms with Crippen LogP contribution in [0.1, 0.15) is 0 Å². The van der Waals surface area contributed by atoms with Gasteiger partial charge in [-0.1, -0.05) is 46.4 Å². The number of halogens is 4. The fourth-order valence-electron chi connectivity index (χ4n) is 1.69. The van der Waals surface area contributed by atoms with Crippen LogP contribution in [0.3, 0.4) is 0 Å². The lowest BCUT2D eigenvalue weighted by atomic mass is 10.3. The third-order valence-electron chi connectivity index (χ3n) is 2.65. The van der Waals surface area contributed by atoms with Crippen molar-refractivity contribution in [2.75, 3.05) is 5.32 Å². The number of nitro groups is 1. The van der Waals surface area contributed by atoms with E-state index >= 15 is 0 Å². The molecule has 124 valence electrons. The molecule has 0 aliphatic heterocycles. The van der Waals surface area contributed by atoms with Crippen LogP contribution in [0.4, 0.5) is 11.4 Å². The summed E-state index contributed by atoms with van der Waals surface area (Å²) in [7, 11) is 0. The number of allylic oxidation sites excluding steroid dienone is 1. The van der Waals surface area contributed by atoms with Gasteiger partial charge in [0.1, 0.15) is 6.21 Å². The molecular formula is C15H9Cl4N3O2.